The Bertz CT molecular complexity index is 872. The molecule has 1 aliphatic carbocycles. The molecule has 8 heteroatoms. The van der Waals surface area contributed by atoms with E-state index >= 15 is 0 Å². The molecule has 5 aliphatic rings. The summed E-state index contributed by atoms with van der Waals surface area (Å²) < 4.78 is 32.4. The van der Waals surface area contributed by atoms with Crippen LogP contribution >= 0.6 is 0 Å². The Balaban J connectivity index is 1.49. The van der Waals surface area contributed by atoms with E-state index in [1.807, 2.05) is 13.0 Å². The average Bonchev–Trinajstić information content (AvgIpc) is 3.01. The molecule has 0 aromatic heterocycles. The zero-order valence-corrected chi connectivity index (χ0v) is 17.8. The topological polar surface area (TPSA) is 77.1 Å². The number of fused-ring (bicyclic) bond motifs is 5. The van der Waals surface area contributed by atoms with Crippen LogP contribution in [0.5, 0.6) is 5.75 Å². The fourth-order valence-corrected chi connectivity index (χ4v) is 5.93. The minimum absolute atomic E-state index is 0.0286. The number of morpholine rings is 1. The summed E-state index contributed by atoms with van der Waals surface area (Å²) >= 11 is 0. The van der Waals surface area contributed by atoms with Gasteiger partial charge in [0.25, 0.3) is 5.91 Å². The van der Waals surface area contributed by atoms with E-state index in [2.05, 4.69) is 5.32 Å². The average molecular weight is 432 g/mol. The number of halogens is 1. The Hall–Kier alpha value is -2.19. The van der Waals surface area contributed by atoms with Crippen LogP contribution in [0.15, 0.2) is 18.2 Å². The predicted octanol–water partition coefficient (Wildman–Crippen LogP) is 2.14. The normalized spacial score (nSPS) is 36.0. The summed E-state index contributed by atoms with van der Waals surface area (Å²) in [7, 11) is 0. The molecule has 2 amide bonds. The second-order valence-corrected chi connectivity index (χ2v) is 9.32. The molecule has 1 aromatic rings. The molecule has 2 saturated heterocycles. The van der Waals surface area contributed by atoms with Crippen molar-refractivity contribution in [1.82, 2.24) is 10.2 Å². The highest BCUT2D eigenvalue weighted by Crippen LogP contribution is 2.41. The molecule has 4 aliphatic heterocycles. The number of rotatable bonds is 0. The molecule has 1 N–H and O–H groups in total. The third-order valence-electron chi connectivity index (χ3n) is 7.32. The zero-order valence-electron chi connectivity index (χ0n) is 17.8. The van der Waals surface area contributed by atoms with E-state index in [-0.39, 0.29) is 54.9 Å². The standard InChI is InChI=1S/C23H29FN2O5/c1-14-9-23(13-29-11-20(27)25-23)19-10-30-16-7-5-15(6-8-16)17-3-2-4-18(24)22(17)31-12-21(28)26(14)19/h2-4,14-16,19H,5-13H2,1H3,(H,25,27)/t14-,15?,16?,19-,23+/m1/s1. The molecular weight excluding hydrogens is 403 g/mol. The van der Waals surface area contributed by atoms with E-state index in [9.17, 15) is 14.0 Å². The molecule has 3 fully saturated rings. The Morgan fingerprint density at radius 1 is 1.16 bits per heavy atom. The van der Waals surface area contributed by atoms with Crippen LogP contribution in [0.2, 0.25) is 0 Å². The molecule has 4 heterocycles. The van der Waals surface area contributed by atoms with Gasteiger partial charge in [-0.3, -0.25) is 9.59 Å². The number of para-hydroxylation sites is 1. The maximum atomic E-state index is 14.7. The molecule has 0 radical (unpaired) electrons. The lowest BCUT2D eigenvalue weighted by atomic mass is 9.82. The predicted molar refractivity (Wildman–Crippen MR) is 109 cm³/mol. The van der Waals surface area contributed by atoms with Crippen molar-refractivity contribution in [3.8, 4) is 5.75 Å². The number of benzene rings is 1. The summed E-state index contributed by atoms with van der Waals surface area (Å²) in [5.41, 5.74) is 0.159. The highest BCUT2D eigenvalue weighted by atomic mass is 19.1. The van der Waals surface area contributed by atoms with Gasteiger partial charge in [0.2, 0.25) is 5.91 Å². The summed E-state index contributed by atoms with van der Waals surface area (Å²) in [5, 5.41) is 3.10. The number of carbonyl (C=O) groups is 2. The summed E-state index contributed by atoms with van der Waals surface area (Å²) in [6, 6.07) is 4.49. The van der Waals surface area contributed by atoms with Gasteiger partial charge in [0.1, 0.15) is 6.61 Å². The molecule has 1 saturated carbocycles. The van der Waals surface area contributed by atoms with Crippen molar-refractivity contribution in [2.75, 3.05) is 26.4 Å². The van der Waals surface area contributed by atoms with E-state index in [4.69, 9.17) is 14.2 Å². The second-order valence-electron chi connectivity index (χ2n) is 9.32. The molecule has 1 spiro atoms. The smallest absolute Gasteiger partial charge is 0.261 e. The number of nitrogens with zero attached hydrogens (tertiary/aromatic N) is 1. The van der Waals surface area contributed by atoms with Crippen molar-refractivity contribution in [2.24, 2.45) is 0 Å². The van der Waals surface area contributed by atoms with Gasteiger partial charge < -0.3 is 24.4 Å². The molecule has 6 rings (SSSR count). The van der Waals surface area contributed by atoms with Crippen LogP contribution < -0.4 is 10.1 Å². The van der Waals surface area contributed by atoms with E-state index in [1.54, 1.807) is 11.0 Å². The van der Waals surface area contributed by atoms with Crippen molar-refractivity contribution in [3.63, 3.8) is 0 Å². The number of nitrogens with one attached hydrogen (secondary N) is 1. The molecule has 7 nitrogen and oxygen atoms in total. The fourth-order valence-electron chi connectivity index (χ4n) is 5.93. The van der Waals surface area contributed by atoms with Crippen LogP contribution in [0.25, 0.3) is 0 Å². The van der Waals surface area contributed by atoms with E-state index < -0.39 is 11.4 Å². The molecular formula is C23H29FN2O5. The van der Waals surface area contributed by atoms with Crippen LogP contribution in [-0.4, -0.2) is 66.9 Å². The number of hydrogen-bond donors (Lipinski definition) is 1. The van der Waals surface area contributed by atoms with Crippen LogP contribution in [0, 0.1) is 5.82 Å². The van der Waals surface area contributed by atoms with E-state index in [0.717, 1.165) is 31.2 Å². The molecule has 168 valence electrons. The monoisotopic (exact) mass is 432 g/mol. The van der Waals surface area contributed by atoms with Gasteiger partial charge in [-0.05, 0) is 51.0 Å². The van der Waals surface area contributed by atoms with Gasteiger partial charge in [-0.25, -0.2) is 4.39 Å². The molecule has 31 heavy (non-hydrogen) atoms. The van der Waals surface area contributed by atoms with Crippen molar-refractivity contribution in [3.05, 3.63) is 29.6 Å². The highest BCUT2D eigenvalue weighted by molar-refractivity contribution is 5.81. The van der Waals surface area contributed by atoms with Gasteiger partial charge in [0.15, 0.2) is 18.2 Å². The SMILES string of the molecule is C[C@@H]1C[C@]2(COCC(=O)N2)[C@H]2COC3CCC(CC3)c3cccc(F)c3OCC(=O)N12. The fraction of sp³-hybridized carbons (Fsp3) is 0.652. The van der Waals surface area contributed by atoms with Crippen LogP contribution in [0.4, 0.5) is 4.39 Å². The first-order valence-corrected chi connectivity index (χ1v) is 11.2. The van der Waals surface area contributed by atoms with Gasteiger partial charge >= 0.3 is 0 Å². The van der Waals surface area contributed by atoms with Crippen LogP contribution in [0.3, 0.4) is 0 Å². The Labute approximate surface area is 181 Å². The first kappa shape index (κ1) is 20.7. The van der Waals surface area contributed by atoms with E-state index in [1.165, 1.54) is 6.07 Å². The third-order valence-corrected chi connectivity index (χ3v) is 7.32. The lowest BCUT2D eigenvalue weighted by Gasteiger charge is -2.41. The van der Waals surface area contributed by atoms with Gasteiger partial charge in [-0.15, -0.1) is 0 Å². The number of ether oxygens (including phenoxy) is 3. The van der Waals surface area contributed by atoms with Gasteiger partial charge in [0.05, 0.1) is 30.9 Å². The summed E-state index contributed by atoms with van der Waals surface area (Å²) in [6.45, 7) is 2.40. The second kappa shape index (κ2) is 8.06. The van der Waals surface area contributed by atoms with E-state index in [0.29, 0.717) is 19.6 Å². The number of hydrogen-bond acceptors (Lipinski definition) is 5. The first-order chi connectivity index (χ1) is 15.0. The number of amides is 2. The van der Waals surface area contributed by atoms with Gasteiger partial charge in [-0.1, -0.05) is 12.1 Å². The minimum atomic E-state index is -0.676. The number of carbonyl (C=O) groups excluding carboxylic acids is 2. The minimum Gasteiger partial charge on any atom is -0.480 e. The maximum Gasteiger partial charge on any atom is 0.261 e. The molecule has 2 bridgehead atoms. The van der Waals surface area contributed by atoms with Crippen LogP contribution in [0.1, 0.15) is 50.5 Å². The molecule has 3 atom stereocenters. The maximum absolute atomic E-state index is 14.7. The van der Waals surface area contributed by atoms with Gasteiger partial charge in [0, 0.05) is 11.6 Å². The Morgan fingerprint density at radius 3 is 2.74 bits per heavy atom. The summed E-state index contributed by atoms with van der Waals surface area (Å²) in [4.78, 5) is 27.2. The lowest BCUT2D eigenvalue weighted by molar-refractivity contribution is -0.145. The lowest BCUT2D eigenvalue weighted by Crippen LogP contribution is -2.65. The quantitative estimate of drug-likeness (QED) is 0.680. The molecule has 0 unspecified atom stereocenters. The van der Waals surface area contributed by atoms with Crippen LogP contribution in [-0.2, 0) is 19.1 Å². The van der Waals surface area contributed by atoms with Crippen molar-refractivity contribution in [2.45, 2.75) is 68.7 Å². The van der Waals surface area contributed by atoms with Crippen molar-refractivity contribution < 1.29 is 28.2 Å². The summed E-state index contributed by atoms with van der Waals surface area (Å²) in [5.74, 6) is -0.472. The first-order valence-electron chi connectivity index (χ1n) is 11.2. The highest BCUT2D eigenvalue weighted by Gasteiger charge is 2.55. The molecule has 1 aromatic carbocycles. The van der Waals surface area contributed by atoms with Gasteiger partial charge in [-0.2, -0.15) is 0 Å². The van der Waals surface area contributed by atoms with Crippen molar-refractivity contribution >= 4 is 11.8 Å². The van der Waals surface area contributed by atoms with Crippen molar-refractivity contribution in [1.29, 1.82) is 0 Å². The zero-order chi connectivity index (χ0) is 21.6. The Kier molecular flexibility index (Phi) is 5.38. The summed E-state index contributed by atoms with van der Waals surface area (Å²) in [6.07, 6.45) is 4.16. The Morgan fingerprint density at radius 2 is 1.97 bits per heavy atom. The largest absolute Gasteiger partial charge is 0.480 e. The third kappa shape index (κ3) is 3.69.